The second kappa shape index (κ2) is 12.4. The predicted molar refractivity (Wildman–Crippen MR) is 116 cm³/mol. The molecule has 0 aliphatic carbocycles. The number of para-hydroxylation sites is 2. The van der Waals surface area contributed by atoms with Gasteiger partial charge < -0.3 is 29.6 Å². The molecule has 0 saturated carbocycles. The van der Waals surface area contributed by atoms with E-state index in [1.807, 2.05) is 38.1 Å². The second-order valence-corrected chi connectivity index (χ2v) is 5.71. The number of nitrogens with one attached hydrogen (secondary N) is 2. The summed E-state index contributed by atoms with van der Waals surface area (Å²) in [4.78, 5) is 4.39. The summed E-state index contributed by atoms with van der Waals surface area (Å²) in [5.74, 6) is 2.49. The van der Waals surface area contributed by atoms with Gasteiger partial charge in [-0.25, -0.2) is 0 Å². The Morgan fingerprint density at radius 1 is 1.19 bits per heavy atom. The molecule has 0 amide bonds. The summed E-state index contributed by atoms with van der Waals surface area (Å²) in [6, 6.07) is 11.0. The Kier molecular flexibility index (Phi) is 10.6. The van der Waals surface area contributed by atoms with Gasteiger partial charge in [0.15, 0.2) is 17.5 Å². The fourth-order valence-electron chi connectivity index (χ4n) is 2.31. The summed E-state index contributed by atoms with van der Waals surface area (Å²) in [6.07, 6.45) is 0.649. The molecule has 3 N–H and O–H groups in total. The van der Waals surface area contributed by atoms with Gasteiger partial charge in [-0.15, -0.1) is 24.0 Å². The lowest BCUT2D eigenvalue weighted by atomic mass is 10.3. The first-order valence-corrected chi connectivity index (χ1v) is 8.67. The zero-order valence-electron chi connectivity index (χ0n) is 15.8. The van der Waals surface area contributed by atoms with E-state index in [0.29, 0.717) is 36.3 Å². The van der Waals surface area contributed by atoms with Crippen molar-refractivity contribution >= 4 is 29.9 Å². The first kappa shape index (κ1) is 23.1. The number of nitrogens with zero attached hydrogens (tertiary/aromatic N) is 1. The number of ether oxygens (including phenoxy) is 2. The number of furan rings is 1. The van der Waals surface area contributed by atoms with E-state index in [0.717, 1.165) is 0 Å². The van der Waals surface area contributed by atoms with Gasteiger partial charge in [0.2, 0.25) is 0 Å². The van der Waals surface area contributed by atoms with Crippen molar-refractivity contribution in [2.45, 2.75) is 26.1 Å². The van der Waals surface area contributed by atoms with Crippen molar-refractivity contribution in [3.63, 3.8) is 0 Å². The fraction of sp³-hybridized carbons (Fsp3) is 0.421. The van der Waals surface area contributed by atoms with Crippen LogP contribution >= 0.6 is 24.0 Å². The van der Waals surface area contributed by atoms with Gasteiger partial charge in [0, 0.05) is 6.54 Å². The number of rotatable bonds is 9. The number of halogens is 1. The van der Waals surface area contributed by atoms with E-state index in [9.17, 15) is 5.11 Å². The van der Waals surface area contributed by atoms with Crippen LogP contribution in [0, 0.1) is 0 Å². The number of aliphatic hydroxyl groups excluding tert-OH is 1. The van der Waals surface area contributed by atoms with Gasteiger partial charge in [0.1, 0.15) is 18.0 Å². The maximum atomic E-state index is 10.1. The third-order valence-electron chi connectivity index (χ3n) is 3.59. The van der Waals surface area contributed by atoms with E-state index in [1.54, 1.807) is 19.2 Å². The topological polar surface area (TPSA) is 88.3 Å². The zero-order chi connectivity index (χ0) is 18.8. The van der Waals surface area contributed by atoms with Crippen molar-refractivity contribution in [1.29, 1.82) is 0 Å². The first-order chi connectivity index (χ1) is 12.6. The fourth-order valence-corrected chi connectivity index (χ4v) is 2.31. The van der Waals surface area contributed by atoms with Crippen LogP contribution in [0.15, 0.2) is 52.1 Å². The maximum Gasteiger partial charge on any atom is 0.191 e. The molecular weight excluding hydrogens is 461 g/mol. The summed E-state index contributed by atoms with van der Waals surface area (Å²) in [5, 5.41) is 16.4. The molecule has 0 fully saturated rings. The Bertz CT molecular complexity index is 679. The van der Waals surface area contributed by atoms with E-state index >= 15 is 0 Å². The summed E-state index contributed by atoms with van der Waals surface area (Å²) >= 11 is 0. The van der Waals surface area contributed by atoms with Gasteiger partial charge >= 0.3 is 0 Å². The minimum absolute atomic E-state index is 0. The van der Waals surface area contributed by atoms with Gasteiger partial charge in [-0.2, -0.15) is 0 Å². The third-order valence-corrected chi connectivity index (χ3v) is 3.59. The molecule has 0 saturated heterocycles. The third kappa shape index (κ3) is 7.67. The molecular formula is C19H28IN3O4. The quantitative estimate of drug-likeness (QED) is 0.285. The van der Waals surface area contributed by atoms with Crippen molar-refractivity contribution in [2.75, 3.05) is 26.7 Å². The number of benzene rings is 1. The average molecular weight is 489 g/mol. The highest BCUT2D eigenvalue weighted by Crippen LogP contribution is 2.26. The van der Waals surface area contributed by atoms with E-state index in [4.69, 9.17) is 13.9 Å². The lowest BCUT2D eigenvalue weighted by Gasteiger charge is -2.19. The smallest absolute Gasteiger partial charge is 0.191 e. The van der Waals surface area contributed by atoms with Crippen LogP contribution in [0.1, 0.15) is 25.7 Å². The summed E-state index contributed by atoms with van der Waals surface area (Å²) < 4.78 is 16.4. The summed E-state index contributed by atoms with van der Waals surface area (Å²) in [6.45, 7) is 5.39. The Morgan fingerprint density at radius 2 is 1.93 bits per heavy atom. The van der Waals surface area contributed by atoms with Crippen LogP contribution in [0.2, 0.25) is 0 Å². The molecule has 2 atom stereocenters. The molecule has 0 aliphatic heterocycles. The van der Waals surface area contributed by atoms with Crippen molar-refractivity contribution in [2.24, 2.45) is 4.99 Å². The Balaban J connectivity index is 0.00000364. The highest BCUT2D eigenvalue weighted by molar-refractivity contribution is 14.0. The molecule has 2 aromatic rings. The molecule has 7 nitrogen and oxygen atoms in total. The van der Waals surface area contributed by atoms with Crippen LogP contribution in [0.25, 0.3) is 0 Å². The number of aliphatic hydroxyl groups is 1. The van der Waals surface area contributed by atoms with Crippen LogP contribution in [0.3, 0.4) is 0 Å². The summed E-state index contributed by atoms with van der Waals surface area (Å²) in [7, 11) is 1.62. The van der Waals surface area contributed by atoms with Gasteiger partial charge in [0.25, 0.3) is 0 Å². The molecule has 27 heavy (non-hydrogen) atoms. The van der Waals surface area contributed by atoms with Gasteiger partial charge in [-0.1, -0.05) is 12.1 Å². The second-order valence-electron chi connectivity index (χ2n) is 5.71. The van der Waals surface area contributed by atoms with Gasteiger partial charge in [-0.3, -0.25) is 4.99 Å². The molecule has 0 aliphatic rings. The molecule has 0 radical (unpaired) electrons. The van der Waals surface area contributed by atoms with Crippen LogP contribution in [0.5, 0.6) is 11.5 Å². The highest BCUT2D eigenvalue weighted by Gasteiger charge is 2.12. The van der Waals surface area contributed by atoms with Crippen LogP contribution < -0.4 is 20.1 Å². The predicted octanol–water partition coefficient (Wildman–Crippen LogP) is 2.96. The van der Waals surface area contributed by atoms with Crippen molar-refractivity contribution in [3.8, 4) is 11.5 Å². The molecule has 150 valence electrons. The monoisotopic (exact) mass is 489 g/mol. The van der Waals surface area contributed by atoms with Crippen LogP contribution in [-0.2, 0) is 0 Å². The molecule has 1 aromatic heterocycles. The Hall–Kier alpha value is -1.94. The molecule has 2 unspecified atom stereocenters. The van der Waals surface area contributed by atoms with Gasteiger partial charge in [0.05, 0.1) is 26.5 Å². The minimum atomic E-state index is -0.775. The summed E-state index contributed by atoms with van der Waals surface area (Å²) in [5.41, 5.74) is 0. The molecule has 8 heteroatoms. The van der Waals surface area contributed by atoms with Crippen LogP contribution in [0.4, 0.5) is 0 Å². The lowest BCUT2D eigenvalue weighted by molar-refractivity contribution is 0.158. The number of hydrogen-bond acceptors (Lipinski definition) is 5. The lowest BCUT2D eigenvalue weighted by Crippen LogP contribution is -2.42. The standard InChI is InChI=1S/C19H27N3O4.HI/c1-4-20-19(22-13-15(23)16-10-7-11-25-16)21-12-14(2)26-18-9-6-5-8-17(18)24-3;/h5-11,14-15,23H,4,12-13H2,1-3H3,(H2,20,21,22);1H. The van der Waals surface area contributed by atoms with Crippen molar-refractivity contribution in [1.82, 2.24) is 10.6 Å². The van der Waals surface area contributed by atoms with E-state index in [1.165, 1.54) is 6.26 Å². The first-order valence-electron chi connectivity index (χ1n) is 8.67. The van der Waals surface area contributed by atoms with Crippen molar-refractivity contribution in [3.05, 3.63) is 48.4 Å². The van der Waals surface area contributed by atoms with Crippen LogP contribution in [-0.4, -0.2) is 43.9 Å². The SMILES string of the molecule is CCNC(=NCC(O)c1ccco1)NCC(C)Oc1ccccc1OC.I. The largest absolute Gasteiger partial charge is 0.493 e. The highest BCUT2D eigenvalue weighted by atomic mass is 127. The molecule has 0 bridgehead atoms. The van der Waals surface area contributed by atoms with E-state index in [-0.39, 0.29) is 36.6 Å². The average Bonchev–Trinajstić information content (AvgIpc) is 3.19. The van der Waals surface area contributed by atoms with E-state index in [2.05, 4.69) is 15.6 Å². The number of guanidine groups is 1. The van der Waals surface area contributed by atoms with E-state index < -0.39 is 6.10 Å². The maximum absolute atomic E-state index is 10.1. The minimum Gasteiger partial charge on any atom is -0.493 e. The molecule has 1 aromatic carbocycles. The zero-order valence-corrected chi connectivity index (χ0v) is 18.2. The Labute approximate surface area is 177 Å². The van der Waals surface area contributed by atoms with Crippen molar-refractivity contribution < 1.29 is 19.0 Å². The number of aliphatic imine (C=N–C) groups is 1. The molecule has 1 heterocycles. The molecule has 0 spiro atoms. The number of methoxy groups -OCH3 is 1. The normalized spacial score (nSPS) is 13.3. The Morgan fingerprint density at radius 3 is 2.56 bits per heavy atom. The molecule has 2 rings (SSSR count). The van der Waals surface area contributed by atoms with Gasteiger partial charge in [-0.05, 0) is 38.1 Å². The number of hydrogen-bond donors (Lipinski definition) is 3.